The number of hydrogen-bond donors (Lipinski definition) is 2. The molecule has 0 aliphatic heterocycles. The molecule has 0 unspecified atom stereocenters. The van der Waals surface area contributed by atoms with Crippen LogP contribution < -0.4 is 9.64 Å². The molecule has 0 atom stereocenters. The van der Waals surface area contributed by atoms with E-state index in [0.29, 0.717) is 20.2 Å². The van der Waals surface area contributed by atoms with E-state index in [1.165, 1.54) is 42.5 Å². The van der Waals surface area contributed by atoms with E-state index >= 15 is 0 Å². The molecule has 0 spiro atoms. The maximum Gasteiger partial charge on any atom is 0.323 e. The molecule has 0 fully saturated rings. The van der Waals surface area contributed by atoms with Gasteiger partial charge in [-0.15, -0.1) is 0 Å². The number of carboxylic acid groups (broad SMARTS) is 1. The van der Waals surface area contributed by atoms with Crippen molar-refractivity contribution in [1.82, 2.24) is 0 Å². The van der Waals surface area contributed by atoms with Gasteiger partial charge in [0, 0.05) is 16.8 Å². The van der Waals surface area contributed by atoms with Gasteiger partial charge in [-0.1, -0.05) is 18.2 Å². The summed E-state index contributed by atoms with van der Waals surface area (Å²) in [4.78, 5) is 38.6. The second-order valence-corrected chi connectivity index (χ2v) is 9.72. The zero-order valence-electron chi connectivity index (χ0n) is 19.4. The van der Waals surface area contributed by atoms with Crippen LogP contribution in [0.2, 0.25) is 0 Å². The van der Waals surface area contributed by atoms with E-state index in [0.717, 1.165) is 17.0 Å². The lowest BCUT2D eigenvalue weighted by molar-refractivity contribution is -0.135. The van der Waals surface area contributed by atoms with Crippen LogP contribution in [0.15, 0.2) is 93.9 Å². The van der Waals surface area contributed by atoms with Gasteiger partial charge in [-0.2, -0.15) is 0 Å². The second-order valence-electron chi connectivity index (χ2n) is 8.01. The predicted octanol–water partition coefficient (Wildman–Crippen LogP) is 6.81. The number of anilines is 1. The number of ether oxygens (including phenoxy) is 1. The molecule has 0 aliphatic rings. The zero-order chi connectivity index (χ0) is 27.4. The van der Waals surface area contributed by atoms with E-state index in [-0.39, 0.29) is 28.4 Å². The van der Waals surface area contributed by atoms with Crippen molar-refractivity contribution in [2.75, 3.05) is 11.4 Å². The Kier molecular flexibility index (Phi) is 8.23. The Bertz CT molecular complexity index is 1500. The normalized spacial score (nSPS) is 10.6. The summed E-state index contributed by atoms with van der Waals surface area (Å²) in [7, 11) is 0. The quantitative estimate of drug-likeness (QED) is 0.205. The van der Waals surface area contributed by atoms with Crippen molar-refractivity contribution in [3.8, 4) is 17.2 Å². The Hall–Kier alpha value is -4.02. The minimum atomic E-state index is -1.19. The predicted molar refractivity (Wildman–Crippen MR) is 146 cm³/mol. The third-order valence-electron chi connectivity index (χ3n) is 5.39. The number of carboxylic acids is 1. The summed E-state index contributed by atoms with van der Waals surface area (Å²) in [6, 6.07) is 20.4. The van der Waals surface area contributed by atoms with Crippen LogP contribution in [0.5, 0.6) is 17.2 Å². The molecule has 0 aromatic heterocycles. The standard InChI is InChI=1S/C28H18Br2FNO6/c29-22-12-19(32(15-25(34)35)28(37)17-4-2-1-3-5-17)13-23(30)27(22)38-20-10-11-24(33)21(14-20)26(36)16-6-8-18(31)9-7-16/h1-14,33H,15H2,(H,34,35). The first-order chi connectivity index (χ1) is 18.1. The Labute approximate surface area is 233 Å². The average Bonchev–Trinajstić information content (AvgIpc) is 2.90. The highest BCUT2D eigenvalue weighted by Crippen LogP contribution is 2.41. The monoisotopic (exact) mass is 641 g/mol. The first-order valence-corrected chi connectivity index (χ1v) is 12.6. The molecule has 10 heteroatoms. The van der Waals surface area contributed by atoms with Crippen LogP contribution in [0.4, 0.5) is 10.1 Å². The van der Waals surface area contributed by atoms with E-state index in [4.69, 9.17) is 4.74 Å². The van der Waals surface area contributed by atoms with Crippen LogP contribution in [0, 0.1) is 5.82 Å². The number of aliphatic carboxylic acids is 1. The van der Waals surface area contributed by atoms with E-state index < -0.39 is 30.0 Å². The second kappa shape index (κ2) is 11.6. The summed E-state index contributed by atoms with van der Waals surface area (Å²) in [5.41, 5.74) is 0.764. The van der Waals surface area contributed by atoms with Gasteiger partial charge in [0.2, 0.25) is 0 Å². The van der Waals surface area contributed by atoms with Gasteiger partial charge in [-0.25, -0.2) is 4.39 Å². The lowest BCUT2D eigenvalue weighted by Crippen LogP contribution is -2.35. The molecule has 192 valence electrons. The number of benzene rings is 4. The Balaban J connectivity index is 1.65. The highest BCUT2D eigenvalue weighted by Gasteiger charge is 2.23. The van der Waals surface area contributed by atoms with Gasteiger partial charge in [-0.3, -0.25) is 19.3 Å². The topological polar surface area (TPSA) is 104 Å². The summed E-state index contributed by atoms with van der Waals surface area (Å²) in [6.45, 7) is -0.570. The van der Waals surface area contributed by atoms with Crippen LogP contribution in [-0.2, 0) is 4.79 Å². The van der Waals surface area contributed by atoms with Crippen molar-refractivity contribution in [1.29, 1.82) is 0 Å². The maximum absolute atomic E-state index is 13.2. The Morgan fingerprint density at radius 3 is 2.08 bits per heavy atom. The van der Waals surface area contributed by atoms with Crippen LogP contribution in [0.1, 0.15) is 26.3 Å². The van der Waals surface area contributed by atoms with E-state index in [9.17, 15) is 29.0 Å². The largest absolute Gasteiger partial charge is 0.507 e. The highest BCUT2D eigenvalue weighted by atomic mass is 79.9. The fraction of sp³-hybridized carbons (Fsp3) is 0.0357. The van der Waals surface area contributed by atoms with Crippen molar-refractivity contribution in [2.45, 2.75) is 0 Å². The van der Waals surface area contributed by atoms with Gasteiger partial charge in [-0.05, 0) is 98.6 Å². The van der Waals surface area contributed by atoms with Crippen LogP contribution in [0.25, 0.3) is 0 Å². The summed E-state index contributed by atoms with van der Waals surface area (Å²) < 4.78 is 20.0. The van der Waals surface area contributed by atoms with Gasteiger partial charge in [0.25, 0.3) is 5.91 Å². The van der Waals surface area contributed by atoms with Gasteiger partial charge >= 0.3 is 5.97 Å². The van der Waals surface area contributed by atoms with Crippen LogP contribution in [0.3, 0.4) is 0 Å². The molecule has 4 rings (SSSR count). The van der Waals surface area contributed by atoms with Crippen molar-refractivity contribution in [2.24, 2.45) is 0 Å². The number of phenols is 1. The van der Waals surface area contributed by atoms with E-state index in [1.807, 2.05) is 0 Å². The van der Waals surface area contributed by atoms with Crippen LogP contribution >= 0.6 is 31.9 Å². The zero-order valence-corrected chi connectivity index (χ0v) is 22.6. The molecule has 1 amide bonds. The number of ketones is 1. The first kappa shape index (κ1) is 27.0. The minimum absolute atomic E-state index is 0.0425. The van der Waals surface area contributed by atoms with Crippen LogP contribution in [-0.4, -0.2) is 34.4 Å². The number of aromatic hydroxyl groups is 1. The molecule has 38 heavy (non-hydrogen) atoms. The average molecular weight is 643 g/mol. The molecule has 2 N–H and O–H groups in total. The van der Waals surface area contributed by atoms with Gasteiger partial charge < -0.3 is 14.9 Å². The maximum atomic E-state index is 13.2. The molecule has 0 saturated carbocycles. The minimum Gasteiger partial charge on any atom is -0.507 e. The van der Waals surface area contributed by atoms with Gasteiger partial charge in [0.1, 0.15) is 23.9 Å². The Morgan fingerprint density at radius 1 is 0.842 bits per heavy atom. The van der Waals surface area contributed by atoms with Crippen molar-refractivity contribution >= 4 is 55.2 Å². The molecular formula is C28H18Br2FNO6. The van der Waals surface area contributed by atoms with Crippen molar-refractivity contribution in [3.63, 3.8) is 0 Å². The number of carbonyl (C=O) groups excluding carboxylic acids is 2. The summed E-state index contributed by atoms with van der Waals surface area (Å²) in [5, 5.41) is 19.7. The molecular weight excluding hydrogens is 625 g/mol. The molecule has 0 radical (unpaired) electrons. The first-order valence-electron chi connectivity index (χ1n) is 11.0. The number of phenolic OH excluding ortho intramolecular Hbond substituents is 1. The molecule has 0 heterocycles. The molecule has 0 bridgehead atoms. The molecule has 4 aromatic rings. The molecule has 4 aromatic carbocycles. The third kappa shape index (κ3) is 6.09. The van der Waals surface area contributed by atoms with E-state index in [1.54, 1.807) is 30.3 Å². The SMILES string of the molecule is O=C(O)CN(C(=O)c1ccccc1)c1cc(Br)c(Oc2ccc(O)c(C(=O)c3ccc(F)cc3)c2)c(Br)c1. The highest BCUT2D eigenvalue weighted by molar-refractivity contribution is 9.11. The third-order valence-corrected chi connectivity index (χ3v) is 6.57. The number of halogens is 3. The smallest absolute Gasteiger partial charge is 0.323 e. The molecule has 0 aliphatic carbocycles. The lowest BCUT2D eigenvalue weighted by atomic mass is 10.0. The fourth-order valence-electron chi connectivity index (χ4n) is 3.59. The summed E-state index contributed by atoms with van der Waals surface area (Å²) >= 11 is 6.82. The summed E-state index contributed by atoms with van der Waals surface area (Å²) in [5.74, 6) is -2.48. The lowest BCUT2D eigenvalue weighted by Gasteiger charge is -2.22. The number of rotatable bonds is 8. The fourth-order valence-corrected chi connectivity index (χ4v) is 4.91. The number of nitrogens with zero attached hydrogens (tertiary/aromatic N) is 1. The van der Waals surface area contributed by atoms with Crippen molar-refractivity contribution < 1.29 is 33.7 Å². The number of amides is 1. The summed E-state index contributed by atoms with van der Waals surface area (Å²) in [6.07, 6.45) is 0. The van der Waals surface area contributed by atoms with Crippen molar-refractivity contribution in [3.05, 3.63) is 116 Å². The van der Waals surface area contributed by atoms with Gasteiger partial charge in [0.15, 0.2) is 11.5 Å². The molecule has 7 nitrogen and oxygen atoms in total. The van der Waals surface area contributed by atoms with Gasteiger partial charge in [0.05, 0.1) is 14.5 Å². The van der Waals surface area contributed by atoms with E-state index in [2.05, 4.69) is 31.9 Å². The number of hydrogen-bond acceptors (Lipinski definition) is 5. The number of carbonyl (C=O) groups is 3. The Morgan fingerprint density at radius 2 is 1.47 bits per heavy atom. The molecule has 0 saturated heterocycles.